The topological polar surface area (TPSA) is 43.7 Å². The summed E-state index contributed by atoms with van der Waals surface area (Å²) in [7, 11) is 1.98. The summed E-state index contributed by atoms with van der Waals surface area (Å²) in [5, 5.41) is 18.2. The monoisotopic (exact) mass is 269 g/mol. The second-order valence-corrected chi connectivity index (χ2v) is 6.52. The van der Waals surface area contributed by atoms with Gasteiger partial charge in [0.1, 0.15) is 0 Å². The van der Waals surface area contributed by atoms with Crippen molar-refractivity contribution >= 4 is 11.3 Å². The Labute approximate surface area is 113 Å². The molecule has 2 rings (SSSR count). The summed E-state index contributed by atoms with van der Waals surface area (Å²) in [6.45, 7) is 1.21. The minimum absolute atomic E-state index is 0.165. The largest absolute Gasteiger partial charge is 0.394 e. The molecule has 1 aromatic rings. The predicted octanol–water partition coefficient (Wildman–Crippen LogP) is 2.19. The van der Waals surface area contributed by atoms with Crippen molar-refractivity contribution in [1.82, 2.24) is 4.90 Å². The van der Waals surface area contributed by atoms with Crippen LogP contribution in [0.5, 0.6) is 0 Å². The van der Waals surface area contributed by atoms with Crippen molar-refractivity contribution in [3.05, 3.63) is 21.9 Å². The number of thiophene rings is 1. The Kier molecular flexibility index (Phi) is 5.18. The lowest BCUT2D eigenvalue weighted by Crippen LogP contribution is -2.30. The highest BCUT2D eigenvalue weighted by atomic mass is 32.1. The summed E-state index contributed by atoms with van der Waals surface area (Å²) in [6, 6.07) is 4.48. The SMILES string of the molecule is CN(Cc1ccc(C2CCCC2)s1)C[C@@H](O)CO. The van der Waals surface area contributed by atoms with Crippen LogP contribution < -0.4 is 0 Å². The van der Waals surface area contributed by atoms with Crippen LogP contribution in [-0.4, -0.2) is 41.4 Å². The molecule has 4 heteroatoms. The predicted molar refractivity (Wildman–Crippen MR) is 75.0 cm³/mol. The van der Waals surface area contributed by atoms with Gasteiger partial charge in [-0.15, -0.1) is 11.3 Å². The van der Waals surface area contributed by atoms with E-state index < -0.39 is 6.10 Å². The Bertz CT molecular complexity index is 360. The zero-order valence-electron chi connectivity index (χ0n) is 11.0. The van der Waals surface area contributed by atoms with Crippen molar-refractivity contribution in [3.8, 4) is 0 Å². The fourth-order valence-corrected chi connectivity index (χ4v) is 3.92. The maximum atomic E-state index is 9.40. The lowest BCUT2D eigenvalue weighted by Gasteiger charge is -2.18. The van der Waals surface area contributed by atoms with Crippen molar-refractivity contribution in [2.24, 2.45) is 0 Å². The van der Waals surface area contributed by atoms with E-state index in [1.54, 1.807) is 0 Å². The molecule has 18 heavy (non-hydrogen) atoms. The number of hydrogen-bond donors (Lipinski definition) is 2. The average Bonchev–Trinajstić information content (AvgIpc) is 2.98. The molecule has 0 amide bonds. The molecule has 0 spiro atoms. The molecule has 0 unspecified atom stereocenters. The van der Waals surface area contributed by atoms with Gasteiger partial charge >= 0.3 is 0 Å². The van der Waals surface area contributed by atoms with E-state index in [0.717, 1.165) is 12.5 Å². The number of rotatable bonds is 6. The molecule has 0 saturated heterocycles. The van der Waals surface area contributed by atoms with Crippen LogP contribution in [0.15, 0.2) is 12.1 Å². The van der Waals surface area contributed by atoms with E-state index in [9.17, 15) is 5.11 Å². The number of aliphatic hydroxyl groups excluding tert-OH is 2. The maximum absolute atomic E-state index is 9.40. The Hall–Kier alpha value is -0.420. The fourth-order valence-electron chi connectivity index (χ4n) is 2.66. The minimum Gasteiger partial charge on any atom is -0.394 e. The van der Waals surface area contributed by atoms with Crippen molar-refractivity contribution in [3.63, 3.8) is 0 Å². The first-order chi connectivity index (χ1) is 8.69. The summed E-state index contributed by atoms with van der Waals surface area (Å²) in [5.74, 6) is 0.789. The van der Waals surface area contributed by atoms with Gasteiger partial charge in [0.25, 0.3) is 0 Å². The maximum Gasteiger partial charge on any atom is 0.0897 e. The van der Waals surface area contributed by atoms with Gasteiger partial charge in [-0.2, -0.15) is 0 Å². The second-order valence-electron chi connectivity index (χ2n) is 5.32. The van der Waals surface area contributed by atoms with Crippen molar-refractivity contribution in [2.75, 3.05) is 20.2 Å². The first-order valence-electron chi connectivity index (χ1n) is 6.75. The molecule has 1 fully saturated rings. The first-order valence-corrected chi connectivity index (χ1v) is 7.56. The highest BCUT2D eigenvalue weighted by Gasteiger charge is 2.19. The van der Waals surface area contributed by atoms with E-state index in [-0.39, 0.29) is 6.61 Å². The minimum atomic E-state index is -0.635. The zero-order valence-corrected chi connectivity index (χ0v) is 11.8. The molecule has 102 valence electrons. The normalized spacial score (nSPS) is 18.7. The molecule has 0 aromatic carbocycles. The van der Waals surface area contributed by atoms with Gasteiger partial charge < -0.3 is 10.2 Å². The summed E-state index contributed by atoms with van der Waals surface area (Å²) < 4.78 is 0. The molecule has 1 aliphatic carbocycles. The van der Waals surface area contributed by atoms with Gasteiger partial charge in [-0.25, -0.2) is 0 Å². The van der Waals surface area contributed by atoms with Crippen molar-refractivity contribution in [2.45, 2.75) is 44.2 Å². The van der Waals surface area contributed by atoms with Gasteiger partial charge in [0.15, 0.2) is 0 Å². The molecule has 2 N–H and O–H groups in total. The Morgan fingerprint density at radius 1 is 1.39 bits per heavy atom. The van der Waals surface area contributed by atoms with Crippen LogP contribution in [0.2, 0.25) is 0 Å². The Balaban J connectivity index is 1.85. The highest BCUT2D eigenvalue weighted by Crippen LogP contribution is 2.37. The Morgan fingerprint density at radius 3 is 2.78 bits per heavy atom. The number of aliphatic hydroxyl groups is 2. The van der Waals surface area contributed by atoms with E-state index in [1.165, 1.54) is 35.4 Å². The standard InChI is InChI=1S/C14H23NO2S/c1-15(8-12(17)10-16)9-13-6-7-14(18-13)11-4-2-3-5-11/h6-7,11-12,16-17H,2-5,8-10H2,1H3/t12-/m1/s1. The van der Waals surface area contributed by atoms with E-state index in [1.807, 2.05) is 18.4 Å². The van der Waals surface area contributed by atoms with Crippen LogP contribution in [0.25, 0.3) is 0 Å². The molecule has 1 aliphatic rings. The highest BCUT2D eigenvalue weighted by molar-refractivity contribution is 7.12. The van der Waals surface area contributed by atoms with Gasteiger partial charge in [-0.05, 0) is 37.9 Å². The molecule has 1 heterocycles. The fraction of sp³-hybridized carbons (Fsp3) is 0.714. The van der Waals surface area contributed by atoms with Gasteiger partial charge in [0.2, 0.25) is 0 Å². The zero-order chi connectivity index (χ0) is 13.0. The molecule has 0 radical (unpaired) electrons. The lowest BCUT2D eigenvalue weighted by atomic mass is 10.1. The summed E-state index contributed by atoms with van der Waals surface area (Å²) in [5.41, 5.74) is 0. The van der Waals surface area contributed by atoms with Crippen LogP contribution >= 0.6 is 11.3 Å². The van der Waals surface area contributed by atoms with Crippen LogP contribution in [-0.2, 0) is 6.54 Å². The van der Waals surface area contributed by atoms with E-state index in [2.05, 4.69) is 17.0 Å². The molecular weight excluding hydrogens is 246 g/mol. The smallest absolute Gasteiger partial charge is 0.0897 e. The van der Waals surface area contributed by atoms with E-state index in [0.29, 0.717) is 6.54 Å². The molecule has 1 saturated carbocycles. The third-order valence-corrected chi connectivity index (χ3v) is 4.83. The first kappa shape index (κ1) is 14.0. The van der Waals surface area contributed by atoms with Crippen LogP contribution in [0, 0.1) is 0 Å². The molecule has 0 aliphatic heterocycles. The van der Waals surface area contributed by atoms with Gasteiger partial charge in [-0.3, -0.25) is 4.90 Å². The van der Waals surface area contributed by atoms with Gasteiger partial charge in [-0.1, -0.05) is 12.8 Å². The lowest BCUT2D eigenvalue weighted by molar-refractivity contribution is 0.0650. The van der Waals surface area contributed by atoms with E-state index in [4.69, 9.17) is 5.11 Å². The Morgan fingerprint density at radius 2 is 2.11 bits per heavy atom. The summed E-state index contributed by atoms with van der Waals surface area (Å²) in [4.78, 5) is 4.94. The quantitative estimate of drug-likeness (QED) is 0.832. The van der Waals surface area contributed by atoms with Crippen molar-refractivity contribution < 1.29 is 10.2 Å². The third-order valence-electron chi connectivity index (χ3n) is 3.60. The number of nitrogens with zero attached hydrogens (tertiary/aromatic N) is 1. The van der Waals surface area contributed by atoms with Gasteiger partial charge in [0.05, 0.1) is 12.7 Å². The van der Waals surface area contributed by atoms with Crippen LogP contribution in [0.1, 0.15) is 41.4 Å². The van der Waals surface area contributed by atoms with Crippen LogP contribution in [0.4, 0.5) is 0 Å². The van der Waals surface area contributed by atoms with E-state index >= 15 is 0 Å². The molecule has 1 atom stereocenters. The van der Waals surface area contributed by atoms with Crippen LogP contribution in [0.3, 0.4) is 0 Å². The second kappa shape index (κ2) is 6.66. The molecule has 3 nitrogen and oxygen atoms in total. The van der Waals surface area contributed by atoms with Gasteiger partial charge in [0, 0.05) is 22.8 Å². The average molecular weight is 269 g/mol. The molecular formula is C14H23NO2S. The van der Waals surface area contributed by atoms with Crippen molar-refractivity contribution in [1.29, 1.82) is 0 Å². The third kappa shape index (κ3) is 3.79. The number of hydrogen-bond acceptors (Lipinski definition) is 4. The summed E-state index contributed by atoms with van der Waals surface area (Å²) >= 11 is 1.91. The summed E-state index contributed by atoms with van der Waals surface area (Å²) in [6.07, 6.45) is 4.81. The number of likely N-dealkylation sites (N-methyl/N-ethyl adjacent to an activating group) is 1. The molecule has 0 bridgehead atoms. The molecule has 1 aromatic heterocycles.